The minimum atomic E-state index is -4.32. The number of nitrogens with one attached hydrogen (secondary N) is 1. The van der Waals surface area contributed by atoms with E-state index in [-0.39, 0.29) is 33.5 Å². The summed E-state index contributed by atoms with van der Waals surface area (Å²) in [5.41, 5.74) is 4.96. The zero-order valence-electron chi connectivity index (χ0n) is 15.9. The van der Waals surface area contributed by atoms with Crippen LogP contribution >= 0.6 is 31.2 Å². The number of ether oxygens (including phenoxy) is 1. The van der Waals surface area contributed by atoms with Gasteiger partial charge in [0, 0.05) is 18.2 Å². The summed E-state index contributed by atoms with van der Waals surface area (Å²) in [6.45, 7) is 0.522. The van der Waals surface area contributed by atoms with Gasteiger partial charge in [-0.25, -0.2) is 12.8 Å². The van der Waals surface area contributed by atoms with Gasteiger partial charge < -0.3 is 15.4 Å². The summed E-state index contributed by atoms with van der Waals surface area (Å²) < 4.78 is 63.4. The predicted octanol–water partition coefficient (Wildman–Crippen LogP) is 2.91. The van der Waals surface area contributed by atoms with E-state index in [0.29, 0.717) is 15.8 Å². The van der Waals surface area contributed by atoms with Crippen molar-refractivity contribution in [3.05, 3.63) is 58.4 Å². The summed E-state index contributed by atoms with van der Waals surface area (Å²) in [6.07, 6.45) is -1.76. The average Bonchev–Trinajstić information content (AvgIpc) is 3.17. The van der Waals surface area contributed by atoms with E-state index >= 15 is 0 Å². The molecule has 0 saturated heterocycles. The number of sulfonamides is 1. The summed E-state index contributed by atoms with van der Waals surface area (Å²) in [7, 11) is -7.82. The van der Waals surface area contributed by atoms with Gasteiger partial charge in [0.15, 0.2) is 0 Å². The van der Waals surface area contributed by atoms with Gasteiger partial charge in [0.2, 0.25) is 6.23 Å². The topological polar surface area (TPSA) is 155 Å². The molecular formula is C18H14ClFN3O6PS2. The van der Waals surface area contributed by atoms with Crippen molar-refractivity contribution >= 4 is 51.3 Å². The number of nitriles is 1. The lowest BCUT2D eigenvalue weighted by atomic mass is 10.1. The number of thiophene rings is 1. The van der Waals surface area contributed by atoms with Gasteiger partial charge in [0.25, 0.3) is 10.0 Å². The fraction of sp³-hybridized carbons (Fsp3) is 0.167. The first-order chi connectivity index (χ1) is 15.1. The lowest BCUT2D eigenvalue weighted by Gasteiger charge is -2.14. The average molecular weight is 518 g/mol. The molecule has 168 valence electrons. The van der Waals surface area contributed by atoms with Crippen molar-refractivity contribution in [2.45, 2.75) is 10.4 Å². The van der Waals surface area contributed by atoms with Gasteiger partial charge in [0.1, 0.15) is 28.5 Å². The molecule has 0 saturated carbocycles. The zero-order valence-corrected chi connectivity index (χ0v) is 19.2. The number of halogens is 2. The Morgan fingerprint density at radius 3 is 2.72 bits per heavy atom. The third-order valence-corrected chi connectivity index (χ3v) is 7.90. The monoisotopic (exact) mass is 517 g/mol. The third kappa shape index (κ3) is 5.58. The fourth-order valence-corrected chi connectivity index (χ4v) is 5.90. The van der Waals surface area contributed by atoms with E-state index in [1.807, 2.05) is 0 Å². The van der Waals surface area contributed by atoms with Crippen molar-refractivity contribution in [3.8, 4) is 11.8 Å². The van der Waals surface area contributed by atoms with Crippen LogP contribution in [0.15, 0.2) is 40.6 Å². The lowest BCUT2D eigenvalue weighted by Crippen LogP contribution is -2.29. The van der Waals surface area contributed by atoms with Crippen LogP contribution in [0.5, 0.6) is 5.75 Å². The molecule has 3 N–H and O–H groups in total. The first-order valence-corrected chi connectivity index (χ1v) is 12.5. The van der Waals surface area contributed by atoms with E-state index < -0.39 is 30.3 Å². The van der Waals surface area contributed by atoms with Crippen molar-refractivity contribution in [2.75, 3.05) is 13.2 Å². The molecule has 1 heterocycles. The Labute approximate surface area is 192 Å². The molecule has 2 unspecified atom stereocenters. The highest BCUT2D eigenvalue weighted by atomic mass is 35.5. The molecule has 0 amide bonds. The Kier molecular flexibility index (Phi) is 7.76. The van der Waals surface area contributed by atoms with E-state index in [4.69, 9.17) is 27.3 Å². The molecular weight excluding hydrogens is 504 g/mol. The first-order valence-electron chi connectivity index (χ1n) is 8.73. The molecule has 0 aliphatic carbocycles. The van der Waals surface area contributed by atoms with Crippen molar-refractivity contribution in [1.82, 2.24) is 4.72 Å². The highest BCUT2D eigenvalue weighted by molar-refractivity contribution is 7.91. The number of hydrogen-bond donors (Lipinski definition) is 2. The van der Waals surface area contributed by atoms with Gasteiger partial charge >= 0.3 is 8.25 Å². The van der Waals surface area contributed by atoms with Gasteiger partial charge in [-0.05, 0) is 34.2 Å². The summed E-state index contributed by atoms with van der Waals surface area (Å²) in [5.74, 6) is -0.558. The van der Waals surface area contributed by atoms with E-state index in [9.17, 15) is 22.3 Å². The van der Waals surface area contributed by atoms with Crippen LogP contribution in [0.25, 0.3) is 10.1 Å². The van der Waals surface area contributed by atoms with Crippen molar-refractivity contribution < 1.29 is 31.5 Å². The molecule has 0 spiro atoms. The Hall–Kier alpha value is -2.20. The molecule has 32 heavy (non-hydrogen) atoms. The van der Waals surface area contributed by atoms with Gasteiger partial charge in [-0.2, -0.15) is 9.98 Å². The van der Waals surface area contributed by atoms with Crippen LogP contribution in [0.3, 0.4) is 0 Å². The Morgan fingerprint density at radius 2 is 2.09 bits per heavy atom. The molecule has 2 aromatic carbocycles. The minimum absolute atomic E-state index is 0.152. The Bertz CT molecular complexity index is 1330. The molecule has 14 heteroatoms. The maximum Gasteiger partial charge on any atom is 0.490 e. The fourth-order valence-electron chi connectivity index (χ4n) is 2.67. The Morgan fingerprint density at radius 1 is 1.34 bits per heavy atom. The molecule has 2 atom stereocenters. The standard InChI is InChI=1S/C18H14ClFN3O6PS2/c19-14-8-13(28-4-3-21)5-12-7-16(31-17(12)14)32(26,27)23-18(29-30(24)25)10-1-2-11(9-22)15(20)6-10/h1-2,5-8,18,23H,3-4,21H2. The van der Waals surface area contributed by atoms with Crippen molar-refractivity contribution in [1.29, 1.82) is 5.26 Å². The Balaban J connectivity index is 1.96. The van der Waals surface area contributed by atoms with Crippen LogP contribution in [0, 0.1) is 17.1 Å². The second-order valence-corrected chi connectivity index (χ2v) is 10.3. The summed E-state index contributed by atoms with van der Waals surface area (Å²) in [4.78, 5) is 11.1. The maximum atomic E-state index is 14.0. The lowest BCUT2D eigenvalue weighted by molar-refractivity contribution is -0.190. The number of benzene rings is 2. The van der Waals surface area contributed by atoms with Crippen LogP contribution < -0.4 is 20.1 Å². The van der Waals surface area contributed by atoms with Gasteiger partial charge in [-0.15, -0.1) is 15.9 Å². The molecule has 0 aliphatic heterocycles. The van der Waals surface area contributed by atoms with E-state index in [1.165, 1.54) is 18.2 Å². The quantitative estimate of drug-likeness (QED) is 0.324. The highest BCUT2D eigenvalue weighted by Crippen LogP contribution is 2.38. The number of nitrogens with two attached hydrogens (primary N) is 1. The second kappa shape index (κ2) is 10.2. The molecule has 3 aromatic rings. The van der Waals surface area contributed by atoms with E-state index in [2.05, 4.69) is 9.25 Å². The van der Waals surface area contributed by atoms with Crippen LogP contribution in [-0.2, 0) is 19.1 Å². The molecule has 3 rings (SSSR count). The third-order valence-electron chi connectivity index (χ3n) is 4.04. The molecule has 0 radical (unpaired) electrons. The molecule has 9 nitrogen and oxygen atoms in total. The largest absolute Gasteiger partial charge is 0.566 e. The minimum Gasteiger partial charge on any atom is -0.566 e. The van der Waals surface area contributed by atoms with Crippen molar-refractivity contribution in [2.24, 2.45) is 5.73 Å². The SMILES string of the molecule is N#Cc1ccc(C(NS(=O)(=O)c2cc3cc(OCCN)cc(Cl)c3s2)O[P+](=O)[O-])cc1F. The molecule has 1 aromatic heterocycles. The smallest absolute Gasteiger partial charge is 0.490 e. The first kappa shape index (κ1) is 24.4. The van der Waals surface area contributed by atoms with E-state index in [0.717, 1.165) is 23.5 Å². The maximum absolute atomic E-state index is 14.0. The zero-order chi connectivity index (χ0) is 23.5. The normalized spacial score (nSPS) is 13.0. The number of nitrogens with zero attached hydrogens (tertiary/aromatic N) is 1. The molecule has 0 bridgehead atoms. The number of rotatable bonds is 9. The number of fused-ring (bicyclic) bond motifs is 1. The summed E-state index contributed by atoms with van der Waals surface area (Å²) in [6, 6.07) is 9.12. The van der Waals surface area contributed by atoms with Crippen molar-refractivity contribution in [3.63, 3.8) is 0 Å². The number of hydrogen-bond acceptors (Lipinski definition) is 9. The highest BCUT2D eigenvalue weighted by Gasteiger charge is 2.29. The summed E-state index contributed by atoms with van der Waals surface area (Å²) in [5, 5.41) is 9.57. The molecule has 0 aliphatic rings. The molecule has 0 fully saturated rings. The van der Waals surface area contributed by atoms with Crippen LogP contribution in [0.1, 0.15) is 17.4 Å². The predicted molar refractivity (Wildman–Crippen MR) is 114 cm³/mol. The second-order valence-electron chi connectivity index (χ2n) is 6.21. The van der Waals surface area contributed by atoms with Crippen LogP contribution in [-0.4, -0.2) is 21.6 Å². The van der Waals surface area contributed by atoms with E-state index in [1.54, 1.807) is 12.1 Å². The summed E-state index contributed by atoms with van der Waals surface area (Å²) >= 11 is 7.07. The van der Waals surface area contributed by atoms with Crippen LogP contribution in [0.4, 0.5) is 4.39 Å². The van der Waals surface area contributed by atoms with Gasteiger partial charge in [-0.3, -0.25) is 0 Å². The van der Waals surface area contributed by atoms with Crippen LogP contribution in [0.2, 0.25) is 5.02 Å². The van der Waals surface area contributed by atoms with Gasteiger partial charge in [-0.1, -0.05) is 17.7 Å². The van der Waals surface area contributed by atoms with Gasteiger partial charge in [0.05, 0.1) is 15.3 Å².